The van der Waals surface area contributed by atoms with E-state index in [1.807, 2.05) is 21.1 Å². The van der Waals surface area contributed by atoms with Crippen molar-refractivity contribution in [3.05, 3.63) is 36.5 Å². The number of hydrogen-bond donors (Lipinski definition) is 1. The lowest BCUT2D eigenvalue weighted by atomic mass is 10.0. The number of nitrogens with zero attached hydrogens (tertiary/aromatic N) is 1. The van der Waals surface area contributed by atoms with Crippen LogP contribution in [0.15, 0.2) is 36.5 Å². The highest BCUT2D eigenvalue weighted by Gasteiger charge is 2.36. The van der Waals surface area contributed by atoms with Gasteiger partial charge in [-0.25, -0.2) is 4.57 Å². The quantitative estimate of drug-likeness (QED) is 0.0160. The number of rotatable bonds is 42. The molecule has 59 heavy (non-hydrogen) atoms. The summed E-state index contributed by atoms with van der Waals surface area (Å²) in [6, 6.07) is 0. The smallest absolute Gasteiger partial charge is 0.462 e. The van der Waals surface area contributed by atoms with Crippen LogP contribution < -0.4 is 0 Å². The number of phosphoric ester groups is 1. The normalized spacial score (nSPS) is 17.3. The van der Waals surface area contributed by atoms with Crippen molar-refractivity contribution in [2.24, 2.45) is 0 Å². The number of likely N-dealkylation sites (N-methyl/N-ethyl adjacent to an activating group) is 1. The van der Waals surface area contributed by atoms with Gasteiger partial charge in [0.1, 0.15) is 19.8 Å². The second-order valence-corrected chi connectivity index (χ2v) is 19.0. The number of carbonyl (C=O) groups excluding carboxylic acids is 2. The first kappa shape index (κ1) is 55.2. The van der Waals surface area contributed by atoms with E-state index in [0.717, 1.165) is 44.9 Å². The number of allylic oxidation sites excluding steroid dienone is 4. The summed E-state index contributed by atoms with van der Waals surface area (Å²) < 4.78 is 40.1. The minimum Gasteiger partial charge on any atom is -0.462 e. The van der Waals surface area contributed by atoms with E-state index in [0.29, 0.717) is 23.9 Å². The second kappa shape index (κ2) is 36.8. The highest BCUT2D eigenvalue weighted by atomic mass is 31.2. The SMILES string of the molecule is CCCCC/C=C\C/C=C\CC1OC1C/C=C\CCCC(=O)O[C@H](COC(=O)CCCCCCCCCCCCCCCCCCC)COP(=O)(O)OCC[N+](C)(C)C. The maximum Gasteiger partial charge on any atom is 0.472 e. The molecule has 344 valence electrons. The number of epoxide rings is 1. The molecule has 0 aromatic rings. The summed E-state index contributed by atoms with van der Waals surface area (Å²) in [5.74, 6) is -0.866. The highest BCUT2D eigenvalue weighted by Crippen LogP contribution is 2.43. The zero-order valence-corrected chi connectivity index (χ0v) is 39.3. The molecule has 4 atom stereocenters. The highest BCUT2D eigenvalue weighted by molar-refractivity contribution is 7.47. The minimum absolute atomic E-state index is 0.0191. The van der Waals surface area contributed by atoms with Crippen molar-refractivity contribution in [1.82, 2.24) is 0 Å². The number of unbranched alkanes of at least 4 members (excludes halogenated alkanes) is 20. The van der Waals surface area contributed by atoms with Crippen molar-refractivity contribution in [2.75, 3.05) is 47.5 Å². The summed E-state index contributed by atoms with van der Waals surface area (Å²) in [6.07, 6.45) is 43.6. The summed E-state index contributed by atoms with van der Waals surface area (Å²) in [5.41, 5.74) is 0. The van der Waals surface area contributed by atoms with E-state index in [-0.39, 0.29) is 44.2 Å². The van der Waals surface area contributed by atoms with Crippen LogP contribution in [-0.4, -0.2) is 87.1 Å². The largest absolute Gasteiger partial charge is 0.472 e. The van der Waals surface area contributed by atoms with Crippen LogP contribution in [0.4, 0.5) is 0 Å². The Morgan fingerprint density at radius 3 is 1.66 bits per heavy atom. The fourth-order valence-electron chi connectivity index (χ4n) is 6.70. The second-order valence-electron chi connectivity index (χ2n) is 17.5. The molecule has 11 heteroatoms. The number of quaternary nitrogens is 1. The van der Waals surface area contributed by atoms with Gasteiger partial charge in [-0.2, -0.15) is 0 Å². The van der Waals surface area contributed by atoms with Gasteiger partial charge in [-0.15, -0.1) is 0 Å². The van der Waals surface area contributed by atoms with Crippen molar-refractivity contribution in [1.29, 1.82) is 0 Å². The number of hydrogen-bond acceptors (Lipinski definition) is 8. The minimum atomic E-state index is -4.40. The molecule has 0 spiro atoms. The average Bonchev–Trinajstić information content (AvgIpc) is 3.94. The fourth-order valence-corrected chi connectivity index (χ4v) is 7.44. The summed E-state index contributed by atoms with van der Waals surface area (Å²) in [6.45, 7) is 4.33. The van der Waals surface area contributed by atoms with Crippen LogP contribution >= 0.6 is 7.82 Å². The molecule has 0 saturated carbocycles. The predicted octanol–water partition coefficient (Wildman–Crippen LogP) is 12.7. The van der Waals surface area contributed by atoms with Gasteiger partial charge in [0.2, 0.25) is 0 Å². The molecule has 1 rings (SSSR count). The molecule has 1 N–H and O–H groups in total. The van der Waals surface area contributed by atoms with Crippen LogP contribution in [0.2, 0.25) is 0 Å². The van der Waals surface area contributed by atoms with E-state index in [9.17, 15) is 19.0 Å². The number of phosphoric acid groups is 1. The third-order valence-corrected chi connectivity index (χ3v) is 11.6. The van der Waals surface area contributed by atoms with Crippen LogP contribution in [0.1, 0.15) is 194 Å². The molecule has 0 aliphatic carbocycles. The molecule has 1 aliphatic heterocycles. The van der Waals surface area contributed by atoms with E-state index < -0.39 is 26.5 Å². The molecule has 10 nitrogen and oxygen atoms in total. The number of ether oxygens (including phenoxy) is 3. The lowest BCUT2D eigenvalue weighted by Crippen LogP contribution is -2.37. The van der Waals surface area contributed by atoms with Gasteiger partial charge in [0.05, 0.1) is 40.0 Å². The zero-order chi connectivity index (χ0) is 43.3. The lowest BCUT2D eigenvalue weighted by molar-refractivity contribution is -0.870. The van der Waals surface area contributed by atoms with Crippen molar-refractivity contribution >= 4 is 19.8 Å². The van der Waals surface area contributed by atoms with Crippen LogP contribution in [0.5, 0.6) is 0 Å². The Balaban J connectivity index is 2.29. The van der Waals surface area contributed by atoms with Crippen LogP contribution in [-0.2, 0) is 37.4 Å². The summed E-state index contributed by atoms with van der Waals surface area (Å²) in [4.78, 5) is 35.5. The molecule has 3 unspecified atom stereocenters. The molecule has 1 saturated heterocycles. The summed E-state index contributed by atoms with van der Waals surface area (Å²) >= 11 is 0. The van der Waals surface area contributed by atoms with Gasteiger partial charge < -0.3 is 23.6 Å². The Morgan fingerprint density at radius 2 is 1.08 bits per heavy atom. The number of esters is 2. The van der Waals surface area contributed by atoms with E-state index in [1.54, 1.807) is 0 Å². The molecule has 0 amide bonds. The lowest BCUT2D eigenvalue weighted by Gasteiger charge is -2.24. The topological polar surface area (TPSA) is 121 Å². The average molecular weight is 855 g/mol. The number of carbonyl (C=O) groups is 2. The third kappa shape index (κ3) is 37.7. The molecule has 1 aliphatic rings. The van der Waals surface area contributed by atoms with Crippen molar-refractivity contribution in [2.45, 2.75) is 212 Å². The molecule has 0 aromatic carbocycles. The monoisotopic (exact) mass is 855 g/mol. The van der Waals surface area contributed by atoms with Crippen LogP contribution in [0.25, 0.3) is 0 Å². The molecule has 1 fully saturated rings. The van der Waals surface area contributed by atoms with E-state index >= 15 is 0 Å². The Morgan fingerprint density at radius 1 is 0.610 bits per heavy atom. The molecule has 0 aromatic heterocycles. The summed E-state index contributed by atoms with van der Waals surface area (Å²) in [5, 5.41) is 0. The maximum absolute atomic E-state index is 12.7. The van der Waals surface area contributed by atoms with Gasteiger partial charge in [0.15, 0.2) is 6.10 Å². The molecular weight excluding hydrogens is 766 g/mol. The van der Waals surface area contributed by atoms with Gasteiger partial charge in [-0.05, 0) is 51.4 Å². The van der Waals surface area contributed by atoms with E-state index in [1.165, 1.54) is 109 Å². The molecule has 0 bridgehead atoms. The van der Waals surface area contributed by atoms with Crippen LogP contribution in [0, 0.1) is 0 Å². The Kier molecular flexibility index (Phi) is 34.4. The van der Waals surface area contributed by atoms with Gasteiger partial charge in [0.25, 0.3) is 0 Å². The fraction of sp³-hybridized carbons (Fsp3) is 0.833. The van der Waals surface area contributed by atoms with Crippen molar-refractivity contribution < 1.29 is 46.8 Å². The van der Waals surface area contributed by atoms with Gasteiger partial charge in [0, 0.05) is 12.8 Å². The Bertz CT molecular complexity index is 1170. The van der Waals surface area contributed by atoms with E-state index in [2.05, 4.69) is 50.3 Å². The van der Waals surface area contributed by atoms with E-state index in [4.69, 9.17) is 23.3 Å². The zero-order valence-electron chi connectivity index (χ0n) is 38.4. The van der Waals surface area contributed by atoms with Crippen molar-refractivity contribution in [3.63, 3.8) is 0 Å². The van der Waals surface area contributed by atoms with Gasteiger partial charge >= 0.3 is 19.8 Å². The van der Waals surface area contributed by atoms with Gasteiger partial charge in [-0.1, -0.05) is 166 Å². The van der Waals surface area contributed by atoms with Gasteiger partial charge in [-0.3, -0.25) is 18.6 Å². The molecule has 1 heterocycles. The first-order valence-corrected chi connectivity index (χ1v) is 25.3. The van der Waals surface area contributed by atoms with Crippen molar-refractivity contribution in [3.8, 4) is 0 Å². The molecule has 0 radical (unpaired) electrons. The predicted molar refractivity (Wildman–Crippen MR) is 242 cm³/mol. The first-order valence-electron chi connectivity index (χ1n) is 23.8. The standard InChI is InChI=1S/C48H88NO9P/c1-6-8-10-12-14-16-17-18-19-20-21-22-23-25-27-29-34-38-47(50)54-42-44(43-56-59(52,53)55-41-40-49(3,4)5)57-48(51)39-35-31-30-33-37-46-45(58-46)36-32-28-26-24-15-13-11-9-7-2/h15,24,28,30,32-33,44-46H,6-14,16-23,25-27,29,31,34-43H2,1-5H3/p+1/b24-15-,32-28-,33-30-/t44-,45?,46?/m1/s1. The Hall–Kier alpha value is -1.81. The third-order valence-electron chi connectivity index (χ3n) is 10.6. The summed E-state index contributed by atoms with van der Waals surface area (Å²) in [7, 11) is 1.44. The first-order chi connectivity index (χ1) is 28.5. The molecular formula is C48H89NO9P+. The van der Waals surface area contributed by atoms with Crippen LogP contribution in [0.3, 0.4) is 0 Å². The Labute approximate surface area is 361 Å². The maximum atomic E-state index is 12.7.